The van der Waals surface area contributed by atoms with Crippen LogP contribution in [0.1, 0.15) is 25.8 Å². The lowest BCUT2D eigenvalue weighted by atomic mass is 10.1. The highest BCUT2D eigenvalue weighted by Crippen LogP contribution is 2.21. The van der Waals surface area contributed by atoms with Gasteiger partial charge in [0.2, 0.25) is 5.91 Å². The van der Waals surface area contributed by atoms with E-state index in [-0.39, 0.29) is 23.5 Å². The van der Waals surface area contributed by atoms with Gasteiger partial charge in [-0.1, -0.05) is 26.0 Å². The van der Waals surface area contributed by atoms with Crippen LogP contribution in [0.4, 0.5) is 0 Å². The van der Waals surface area contributed by atoms with E-state index in [0.29, 0.717) is 24.6 Å². The molecular formula is C20H27N3O3S2. The van der Waals surface area contributed by atoms with Crippen LogP contribution in [0.3, 0.4) is 0 Å². The fraction of sp³-hybridized carbons (Fsp3) is 0.500. The Kier molecular flexibility index (Phi) is 6.82. The van der Waals surface area contributed by atoms with Gasteiger partial charge in [-0.3, -0.25) is 4.79 Å². The number of hydrogen-bond acceptors (Lipinski definition) is 5. The summed E-state index contributed by atoms with van der Waals surface area (Å²) in [5.74, 6) is 1.75. The van der Waals surface area contributed by atoms with E-state index in [2.05, 4.69) is 18.9 Å². The van der Waals surface area contributed by atoms with Gasteiger partial charge in [-0.25, -0.2) is 13.1 Å². The molecule has 6 nitrogen and oxygen atoms in total. The molecule has 2 heterocycles. The Bertz CT molecular complexity index is 878. The lowest BCUT2D eigenvalue weighted by Gasteiger charge is -2.30. The summed E-state index contributed by atoms with van der Waals surface area (Å²) in [6.07, 6.45) is 4.20. The van der Waals surface area contributed by atoms with Crippen LogP contribution in [0.2, 0.25) is 0 Å². The Morgan fingerprint density at radius 1 is 1.32 bits per heavy atom. The molecule has 1 amide bonds. The van der Waals surface area contributed by atoms with Crippen molar-refractivity contribution in [3.8, 4) is 5.69 Å². The second-order valence-corrected chi connectivity index (χ2v) is 10.8. The second-order valence-electron chi connectivity index (χ2n) is 7.61. The molecule has 8 heteroatoms. The SMILES string of the molecule is CC(C)CN(C(=O)CSCc1ccc(-n2cccn2)cc1)[C@@H]1CCS(=O)(=O)C1. The minimum Gasteiger partial charge on any atom is -0.338 e. The first-order chi connectivity index (χ1) is 13.3. The van der Waals surface area contributed by atoms with Crippen molar-refractivity contribution in [2.24, 2.45) is 5.92 Å². The fourth-order valence-corrected chi connectivity index (χ4v) is 5.98. The highest BCUT2D eigenvalue weighted by molar-refractivity contribution is 7.99. The molecule has 1 atom stereocenters. The van der Waals surface area contributed by atoms with Crippen molar-refractivity contribution in [3.05, 3.63) is 48.3 Å². The van der Waals surface area contributed by atoms with E-state index in [1.165, 1.54) is 0 Å². The van der Waals surface area contributed by atoms with Gasteiger partial charge in [0.05, 0.1) is 22.9 Å². The first kappa shape index (κ1) is 20.9. The molecule has 152 valence electrons. The van der Waals surface area contributed by atoms with Gasteiger partial charge in [-0.05, 0) is 36.1 Å². The van der Waals surface area contributed by atoms with Gasteiger partial charge in [0.15, 0.2) is 9.84 Å². The standard InChI is InChI=1S/C20H27N3O3S2/c1-16(2)12-22(19-8-11-28(25,26)15-19)20(24)14-27-13-17-4-6-18(7-5-17)23-10-3-9-21-23/h3-7,9-10,16,19H,8,11-15H2,1-2H3/t19-/m1/s1. The molecule has 0 spiro atoms. The van der Waals surface area contributed by atoms with Crippen LogP contribution in [0.15, 0.2) is 42.7 Å². The van der Waals surface area contributed by atoms with Gasteiger partial charge < -0.3 is 4.90 Å². The molecule has 1 saturated heterocycles. The van der Waals surface area contributed by atoms with Crippen LogP contribution in [-0.4, -0.2) is 58.9 Å². The molecule has 0 saturated carbocycles. The monoisotopic (exact) mass is 421 g/mol. The first-order valence-corrected chi connectivity index (χ1v) is 12.5. The van der Waals surface area contributed by atoms with E-state index >= 15 is 0 Å². The number of nitrogens with zero attached hydrogens (tertiary/aromatic N) is 3. The lowest BCUT2D eigenvalue weighted by Crippen LogP contribution is -2.44. The third-order valence-electron chi connectivity index (χ3n) is 4.73. The zero-order chi connectivity index (χ0) is 20.1. The maximum absolute atomic E-state index is 12.8. The van der Waals surface area contributed by atoms with Gasteiger partial charge >= 0.3 is 0 Å². The summed E-state index contributed by atoms with van der Waals surface area (Å²) in [7, 11) is -3.00. The Hall–Kier alpha value is -1.80. The number of amides is 1. The number of thioether (sulfide) groups is 1. The fourth-order valence-electron chi connectivity index (χ4n) is 3.37. The zero-order valence-electron chi connectivity index (χ0n) is 16.3. The molecule has 3 rings (SSSR count). The average molecular weight is 422 g/mol. The summed E-state index contributed by atoms with van der Waals surface area (Å²) in [5, 5.41) is 4.21. The maximum atomic E-state index is 12.8. The quantitative estimate of drug-likeness (QED) is 0.655. The van der Waals surface area contributed by atoms with Crippen molar-refractivity contribution in [2.75, 3.05) is 23.8 Å². The second kappa shape index (κ2) is 9.13. The van der Waals surface area contributed by atoms with Crippen molar-refractivity contribution < 1.29 is 13.2 Å². The number of benzene rings is 1. The number of rotatable bonds is 8. The number of sulfone groups is 1. The van der Waals surface area contributed by atoms with Gasteiger partial charge in [0, 0.05) is 30.7 Å². The van der Waals surface area contributed by atoms with Crippen molar-refractivity contribution in [1.29, 1.82) is 0 Å². The Balaban J connectivity index is 1.54. The summed E-state index contributed by atoms with van der Waals surface area (Å²) >= 11 is 1.57. The molecule has 0 radical (unpaired) electrons. The van der Waals surface area contributed by atoms with E-state index in [1.807, 2.05) is 36.5 Å². The van der Waals surface area contributed by atoms with Crippen molar-refractivity contribution in [1.82, 2.24) is 14.7 Å². The molecular weight excluding hydrogens is 394 g/mol. The summed E-state index contributed by atoms with van der Waals surface area (Å²) in [4.78, 5) is 14.6. The zero-order valence-corrected chi connectivity index (χ0v) is 18.0. The molecule has 28 heavy (non-hydrogen) atoms. The predicted molar refractivity (Wildman–Crippen MR) is 113 cm³/mol. The van der Waals surface area contributed by atoms with E-state index in [0.717, 1.165) is 17.0 Å². The Morgan fingerprint density at radius 2 is 2.07 bits per heavy atom. The normalized spacial score (nSPS) is 18.5. The van der Waals surface area contributed by atoms with Crippen LogP contribution in [0, 0.1) is 5.92 Å². The van der Waals surface area contributed by atoms with Crippen LogP contribution < -0.4 is 0 Å². The van der Waals surface area contributed by atoms with Gasteiger partial charge in [0.1, 0.15) is 0 Å². The van der Waals surface area contributed by atoms with Gasteiger partial charge in [0.25, 0.3) is 0 Å². The number of aromatic nitrogens is 2. The Morgan fingerprint density at radius 3 is 2.64 bits per heavy atom. The van der Waals surface area contributed by atoms with Gasteiger partial charge in [-0.15, -0.1) is 11.8 Å². The first-order valence-electron chi connectivity index (χ1n) is 9.50. The van der Waals surface area contributed by atoms with Crippen molar-refractivity contribution in [3.63, 3.8) is 0 Å². The maximum Gasteiger partial charge on any atom is 0.232 e. The summed E-state index contributed by atoms with van der Waals surface area (Å²) in [6, 6.07) is 9.83. The van der Waals surface area contributed by atoms with Crippen LogP contribution >= 0.6 is 11.8 Å². The molecule has 1 aromatic carbocycles. The van der Waals surface area contributed by atoms with E-state index < -0.39 is 9.84 Å². The third kappa shape index (κ3) is 5.61. The predicted octanol–water partition coefficient (Wildman–Crippen LogP) is 2.78. The summed E-state index contributed by atoms with van der Waals surface area (Å²) < 4.78 is 25.4. The molecule has 1 aliphatic rings. The number of carbonyl (C=O) groups is 1. The Labute approximate surface area is 171 Å². The van der Waals surface area contributed by atoms with Crippen LogP contribution in [-0.2, 0) is 20.4 Å². The van der Waals surface area contributed by atoms with E-state index in [9.17, 15) is 13.2 Å². The molecule has 1 fully saturated rings. The smallest absolute Gasteiger partial charge is 0.232 e. The highest BCUT2D eigenvalue weighted by Gasteiger charge is 2.34. The van der Waals surface area contributed by atoms with E-state index in [1.54, 1.807) is 27.5 Å². The molecule has 0 bridgehead atoms. The minimum absolute atomic E-state index is 0.0361. The highest BCUT2D eigenvalue weighted by atomic mass is 32.2. The topological polar surface area (TPSA) is 72.3 Å². The largest absolute Gasteiger partial charge is 0.338 e. The van der Waals surface area contributed by atoms with Crippen LogP contribution in [0.25, 0.3) is 5.69 Å². The molecule has 1 aliphatic heterocycles. The number of hydrogen-bond donors (Lipinski definition) is 0. The lowest BCUT2D eigenvalue weighted by molar-refractivity contribution is -0.130. The van der Waals surface area contributed by atoms with Crippen molar-refractivity contribution in [2.45, 2.75) is 32.1 Å². The molecule has 0 unspecified atom stereocenters. The minimum atomic E-state index is -3.00. The van der Waals surface area contributed by atoms with Gasteiger partial charge in [-0.2, -0.15) is 5.10 Å². The number of carbonyl (C=O) groups excluding carboxylic acids is 1. The average Bonchev–Trinajstić information content (AvgIpc) is 3.29. The molecule has 0 N–H and O–H groups in total. The third-order valence-corrected chi connectivity index (χ3v) is 7.47. The molecule has 1 aromatic heterocycles. The summed E-state index contributed by atoms with van der Waals surface area (Å²) in [6.45, 7) is 4.72. The molecule has 0 aliphatic carbocycles. The van der Waals surface area contributed by atoms with Crippen LogP contribution in [0.5, 0.6) is 0 Å². The molecule has 2 aromatic rings. The van der Waals surface area contributed by atoms with Crippen molar-refractivity contribution >= 4 is 27.5 Å². The van der Waals surface area contributed by atoms with E-state index in [4.69, 9.17) is 0 Å². The summed E-state index contributed by atoms with van der Waals surface area (Å²) in [5.41, 5.74) is 2.15.